The average molecular weight is 444 g/mol. The molecule has 0 unspecified atom stereocenters. The maximum atomic E-state index is 12.3. The molecule has 1 aliphatic rings. The molecule has 1 aromatic carbocycles. The summed E-state index contributed by atoms with van der Waals surface area (Å²) in [5, 5.41) is 34.2. The fourth-order valence-corrected chi connectivity index (χ4v) is 3.44. The summed E-state index contributed by atoms with van der Waals surface area (Å²) in [6.07, 6.45) is -3.45. The summed E-state index contributed by atoms with van der Waals surface area (Å²) in [6.45, 7) is -0.513. The zero-order valence-electron chi connectivity index (χ0n) is 17.4. The fourth-order valence-electron chi connectivity index (χ4n) is 3.44. The van der Waals surface area contributed by atoms with Gasteiger partial charge in [0.2, 0.25) is 11.9 Å². The maximum Gasteiger partial charge on any atom is 0.280 e. The standard InChI is InChI=1S/C19H24N8O5/c1-26(2)10-5-3-9(4-6-10)7-21-25-19-22-12-15(23-18(20)24-16(12)31)27(19)17-14(30)13(29)11(8-28)32-17/h3-7,11,13-14,17,28-30H,8H2,1-2H3,(H,22,25)(H3,20,23,24,31)/t11-,13+,14+,17-/m1/s1. The van der Waals surface area contributed by atoms with Gasteiger partial charge in [-0.15, -0.1) is 0 Å². The van der Waals surface area contributed by atoms with Crippen molar-refractivity contribution in [3.8, 4) is 0 Å². The molecular formula is C19H24N8O5. The number of benzene rings is 1. The number of ether oxygens (including phenoxy) is 1. The molecule has 0 amide bonds. The Bertz CT molecular complexity index is 1190. The number of hydrazone groups is 1. The number of aliphatic hydroxyl groups excluding tert-OH is 3. The Balaban J connectivity index is 1.70. The highest BCUT2D eigenvalue weighted by atomic mass is 16.6. The molecule has 3 heterocycles. The third-order valence-electron chi connectivity index (χ3n) is 5.13. The van der Waals surface area contributed by atoms with Crippen LogP contribution in [0.2, 0.25) is 0 Å². The average Bonchev–Trinajstić information content (AvgIpc) is 3.25. The van der Waals surface area contributed by atoms with Crippen LogP contribution in [0.4, 0.5) is 17.6 Å². The lowest BCUT2D eigenvalue weighted by Gasteiger charge is -2.18. The molecule has 1 saturated heterocycles. The zero-order chi connectivity index (χ0) is 23.0. The number of nitrogens with zero attached hydrogens (tertiary/aromatic N) is 5. The number of aliphatic hydroxyl groups is 3. The predicted octanol–water partition coefficient (Wildman–Crippen LogP) is -1.17. The molecule has 0 saturated carbocycles. The van der Waals surface area contributed by atoms with E-state index in [1.165, 1.54) is 4.57 Å². The number of nitrogens with one attached hydrogen (secondary N) is 2. The number of aromatic nitrogens is 4. The van der Waals surface area contributed by atoms with Crippen molar-refractivity contribution in [3.63, 3.8) is 0 Å². The monoisotopic (exact) mass is 444 g/mol. The fraction of sp³-hybridized carbons (Fsp3) is 0.368. The van der Waals surface area contributed by atoms with Crippen molar-refractivity contribution in [1.82, 2.24) is 19.5 Å². The van der Waals surface area contributed by atoms with Crippen LogP contribution in [0.1, 0.15) is 11.8 Å². The van der Waals surface area contributed by atoms with Crippen LogP contribution in [0.25, 0.3) is 11.2 Å². The topological polar surface area (TPSA) is 187 Å². The minimum Gasteiger partial charge on any atom is -0.394 e. The third kappa shape index (κ3) is 3.89. The van der Waals surface area contributed by atoms with Gasteiger partial charge in [-0.1, -0.05) is 12.1 Å². The second kappa shape index (κ2) is 8.55. The zero-order valence-corrected chi connectivity index (χ0v) is 17.4. The Morgan fingerprint density at radius 2 is 2.00 bits per heavy atom. The predicted molar refractivity (Wildman–Crippen MR) is 118 cm³/mol. The number of hydrogen-bond acceptors (Lipinski definition) is 11. The van der Waals surface area contributed by atoms with Crippen LogP contribution < -0.4 is 21.6 Å². The molecule has 13 nitrogen and oxygen atoms in total. The van der Waals surface area contributed by atoms with Crippen LogP contribution in [0, 0.1) is 0 Å². The summed E-state index contributed by atoms with van der Waals surface area (Å²) in [7, 11) is 3.88. The normalized spacial score (nSPS) is 23.3. The second-order valence-electron chi connectivity index (χ2n) is 7.51. The van der Waals surface area contributed by atoms with Gasteiger partial charge in [0.05, 0.1) is 12.8 Å². The van der Waals surface area contributed by atoms with Gasteiger partial charge in [0.1, 0.15) is 18.3 Å². The molecule has 7 N–H and O–H groups in total. The van der Waals surface area contributed by atoms with Gasteiger partial charge in [-0.2, -0.15) is 10.1 Å². The van der Waals surface area contributed by atoms with Crippen LogP contribution in [-0.4, -0.2) is 80.1 Å². The molecular weight excluding hydrogens is 420 g/mol. The van der Waals surface area contributed by atoms with E-state index < -0.39 is 36.7 Å². The Kier molecular flexibility index (Phi) is 5.80. The summed E-state index contributed by atoms with van der Waals surface area (Å²) in [4.78, 5) is 24.9. The number of hydrogen-bond donors (Lipinski definition) is 6. The molecule has 1 aliphatic heterocycles. The second-order valence-corrected chi connectivity index (χ2v) is 7.51. The molecule has 0 spiro atoms. The summed E-state index contributed by atoms with van der Waals surface area (Å²) < 4.78 is 6.87. The van der Waals surface area contributed by atoms with E-state index in [4.69, 9.17) is 10.5 Å². The molecule has 170 valence electrons. The molecule has 3 aromatic rings. The van der Waals surface area contributed by atoms with Crippen molar-refractivity contribution >= 4 is 35.0 Å². The molecule has 1 fully saturated rings. The van der Waals surface area contributed by atoms with Crippen molar-refractivity contribution in [2.45, 2.75) is 24.5 Å². The first-order valence-corrected chi connectivity index (χ1v) is 9.76. The Morgan fingerprint density at radius 1 is 1.28 bits per heavy atom. The van der Waals surface area contributed by atoms with Crippen molar-refractivity contribution in [3.05, 3.63) is 40.2 Å². The van der Waals surface area contributed by atoms with Crippen LogP contribution in [0.15, 0.2) is 34.2 Å². The number of fused-ring (bicyclic) bond motifs is 1. The van der Waals surface area contributed by atoms with E-state index in [1.54, 1.807) is 6.21 Å². The number of rotatable bonds is 6. The summed E-state index contributed by atoms with van der Waals surface area (Å²) >= 11 is 0. The van der Waals surface area contributed by atoms with Gasteiger partial charge in [-0.3, -0.25) is 14.3 Å². The Hall–Kier alpha value is -3.52. The number of imidazole rings is 1. The van der Waals surface area contributed by atoms with Gasteiger partial charge < -0.3 is 30.7 Å². The van der Waals surface area contributed by atoms with Gasteiger partial charge in [-0.05, 0) is 17.7 Å². The van der Waals surface area contributed by atoms with Gasteiger partial charge in [0.25, 0.3) is 5.56 Å². The highest BCUT2D eigenvalue weighted by molar-refractivity contribution is 5.81. The van der Waals surface area contributed by atoms with Crippen LogP contribution in [0.5, 0.6) is 0 Å². The third-order valence-corrected chi connectivity index (χ3v) is 5.13. The number of nitrogens with two attached hydrogens (primary N) is 1. The molecule has 13 heteroatoms. The molecule has 4 rings (SSSR count). The van der Waals surface area contributed by atoms with Gasteiger partial charge in [0, 0.05) is 19.8 Å². The van der Waals surface area contributed by atoms with Crippen molar-refractivity contribution in [2.24, 2.45) is 5.10 Å². The maximum absolute atomic E-state index is 12.3. The highest BCUT2D eigenvalue weighted by Crippen LogP contribution is 2.33. The van der Waals surface area contributed by atoms with Crippen LogP contribution in [0.3, 0.4) is 0 Å². The molecule has 2 aromatic heterocycles. The van der Waals surface area contributed by atoms with E-state index in [0.29, 0.717) is 0 Å². The van der Waals surface area contributed by atoms with E-state index in [9.17, 15) is 20.1 Å². The quantitative estimate of drug-likeness (QED) is 0.200. The van der Waals surface area contributed by atoms with E-state index in [1.807, 2.05) is 43.3 Å². The van der Waals surface area contributed by atoms with Gasteiger partial charge in [0.15, 0.2) is 17.4 Å². The number of H-pyrrole nitrogens is 1. The van der Waals surface area contributed by atoms with E-state index >= 15 is 0 Å². The number of aromatic amines is 1. The largest absolute Gasteiger partial charge is 0.394 e. The Labute approximate surface area is 181 Å². The smallest absolute Gasteiger partial charge is 0.280 e. The van der Waals surface area contributed by atoms with Crippen LogP contribution in [-0.2, 0) is 4.74 Å². The summed E-state index contributed by atoms with van der Waals surface area (Å²) in [6, 6.07) is 7.62. The van der Waals surface area contributed by atoms with Gasteiger partial charge >= 0.3 is 0 Å². The molecule has 0 radical (unpaired) electrons. The van der Waals surface area contributed by atoms with Crippen molar-refractivity contribution < 1.29 is 20.1 Å². The summed E-state index contributed by atoms with van der Waals surface area (Å²) in [5.41, 5.74) is 9.60. The first kappa shape index (κ1) is 21.7. The number of nitrogen functional groups attached to an aromatic ring is 1. The van der Waals surface area contributed by atoms with Crippen molar-refractivity contribution in [1.29, 1.82) is 0 Å². The van der Waals surface area contributed by atoms with Crippen molar-refractivity contribution in [2.75, 3.05) is 36.8 Å². The first-order valence-electron chi connectivity index (χ1n) is 9.76. The SMILES string of the molecule is CN(C)c1ccc(C=NNc2nc3c(=O)[nH]c(N)nc3n2[C@@H]2O[C@H](CO)[C@H](O)[C@@H]2O)cc1. The van der Waals surface area contributed by atoms with Crippen LogP contribution >= 0.6 is 0 Å². The summed E-state index contributed by atoms with van der Waals surface area (Å²) in [5.74, 6) is -0.133. The molecule has 32 heavy (non-hydrogen) atoms. The first-order chi connectivity index (χ1) is 15.3. The Morgan fingerprint density at radius 3 is 2.62 bits per heavy atom. The van der Waals surface area contributed by atoms with E-state index in [-0.39, 0.29) is 23.1 Å². The minimum absolute atomic E-state index is 0.0223. The lowest BCUT2D eigenvalue weighted by Crippen LogP contribution is -2.33. The lowest BCUT2D eigenvalue weighted by molar-refractivity contribution is -0.0501. The van der Waals surface area contributed by atoms with E-state index in [2.05, 4.69) is 25.5 Å². The van der Waals surface area contributed by atoms with E-state index in [0.717, 1.165) is 11.3 Å². The lowest BCUT2D eigenvalue weighted by atomic mass is 10.1. The molecule has 4 atom stereocenters. The molecule has 0 bridgehead atoms. The number of anilines is 3. The molecule has 0 aliphatic carbocycles. The minimum atomic E-state index is -1.42. The van der Waals surface area contributed by atoms with Gasteiger partial charge in [-0.25, -0.2) is 10.4 Å². The highest BCUT2D eigenvalue weighted by Gasteiger charge is 2.45.